The Kier molecular flexibility index (Phi) is 4.20. The normalized spacial score (nSPS) is 12.6. The Labute approximate surface area is 114 Å². The van der Waals surface area contributed by atoms with Crippen LogP contribution >= 0.6 is 0 Å². The van der Waals surface area contributed by atoms with Crippen LogP contribution in [0.4, 0.5) is 11.8 Å². The molecule has 0 spiro atoms. The molecule has 0 aliphatic rings. The van der Waals surface area contributed by atoms with E-state index in [1.54, 1.807) is 0 Å². The van der Waals surface area contributed by atoms with Gasteiger partial charge in [-0.3, -0.25) is 0 Å². The topological polar surface area (TPSA) is 63.8 Å². The smallest absolute Gasteiger partial charge is 0.222 e. The molecule has 1 atom stereocenters. The highest BCUT2D eigenvalue weighted by Gasteiger charge is 2.12. The fourth-order valence-electron chi connectivity index (χ4n) is 2.40. The molecule has 0 aliphatic carbocycles. The molecule has 0 bridgehead atoms. The van der Waals surface area contributed by atoms with Gasteiger partial charge in [-0.05, 0) is 31.4 Å². The summed E-state index contributed by atoms with van der Waals surface area (Å²) in [5.41, 5.74) is 7.88. The summed E-state index contributed by atoms with van der Waals surface area (Å²) in [5, 5.41) is 4.60. The average molecular weight is 258 g/mol. The molecule has 4 heteroatoms. The van der Waals surface area contributed by atoms with E-state index < -0.39 is 0 Å². The molecule has 0 fully saturated rings. The first-order valence-electron chi connectivity index (χ1n) is 6.95. The van der Waals surface area contributed by atoms with E-state index in [1.807, 2.05) is 12.1 Å². The Morgan fingerprint density at radius 2 is 2.05 bits per heavy atom. The zero-order valence-corrected chi connectivity index (χ0v) is 11.9. The van der Waals surface area contributed by atoms with Gasteiger partial charge in [0.1, 0.15) is 5.82 Å². The molecular formula is C15H22N4. The molecule has 0 aliphatic heterocycles. The number of nitrogens with two attached hydrogens (primary N) is 1. The van der Waals surface area contributed by atoms with E-state index in [-0.39, 0.29) is 0 Å². The lowest BCUT2D eigenvalue weighted by atomic mass is 10.1. The zero-order chi connectivity index (χ0) is 13.8. The van der Waals surface area contributed by atoms with Gasteiger partial charge in [-0.2, -0.15) is 4.98 Å². The number of nitrogen functional groups attached to an aromatic ring is 1. The minimum absolute atomic E-state index is 0.326. The lowest BCUT2D eigenvalue weighted by molar-refractivity contribution is 0.621. The third-order valence-electron chi connectivity index (χ3n) is 3.42. The predicted molar refractivity (Wildman–Crippen MR) is 81.3 cm³/mol. The standard InChI is InChI=1S/C15H22N4/c1-4-7-11(5-2)17-14-13-10(3)8-6-9-12(13)18-15(16)19-14/h6,8-9,11H,4-5,7H2,1-3H3,(H3,16,17,18,19)/t11-/m1/s1. The molecule has 4 nitrogen and oxygen atoms in total. The molecule has 0 saturated heterocycles. The molecule has 3 N–H and O–H groups in total. The van der Waals surface area contributed by atoms with Crippen LogP contribution in [-0.2, 0) is 0 Å². The maximum absolute atomic E-state index is 5.80. The number of fused-ring (bicyclic) bond motifs is 1. The molecule has 1 heterocycles. The van der Waals surface area contributed by atoms with Crippen LogP contribution in [0.3, 0.4) is 0 Å². The number of aromatic nitrogens is 2. The number of nitrogens with zero attached hydrogens (tertiary/aromatic N) is 2. The molecule has 19 heavy (non-hydrogen) atoms. The van der Waals surface area contributed by atoms with E-state index in [9.17, 15) is 0 Å². The number of nitrogens with one attached hydrogen (secondary N) is 1. The Morgan fingerprint density at radius 3 is 2.74 bits per heavy atom. The Morgan fingerprint density at radius 1 is 1.26 bits per heavy atom. The van der Waals surface area contributed by atoms with E-state index in [4.69, 9.17) is 5.73 Å². The molecule has 0 unspecified atom stereocenters. The van der Waals surface area contributed by atoms with Crippen molar-refractivity contribution in [1.29, 1.82) is 0 Å². The first-order chi connectivity index (χ1) is 9.15. The molecular weight excluding hydrogens is 236 g/mol. The van der Waals surface area contributed by atoms with Crippen LogP contribution < -0.4 is 11.1 Å². The molecule has 0 radical (unpaired) electrons. The Hall–Kier alpha value is -1.84. The molecule has 2 aromatic rings. The van der Waals surface area contributed by atoms with Crippen molar-refractivity contribution in [3.05, 3.63) is 23.8 Å². The minimum atomic E-state index is 0.326. The predicted octanol–water partition coefficient (Wildman–Crippen LogP) is 3.51. The van der Waals surface area contributed by atoms with Crippen molar-refractivity contribution in [2.45, 2.75) is 46.1 Å². The van der Waals surface area contributed by atoms with Crippen LogP contribution in [0.5, 0.6) is 0 Å². The molecule has 2 rings (SSSR count). The number of hydrogen-bond acceptors (Lipinski definition) is 4. The van der Waals surface area contributed by atoms with E-state index in [1.165, 1.54) is 5.56 Å². The summed E-state index contributed by atoms with van der Waals surface area (Å²) in [7, 11) is 0. The van der Waals surface area contributed by atoms with Crippen molar-refractivity contribution in [3.63, 3.8) is 0 Å². The molecule has 1 aromatic heterocycles. The lowest BCUT2D eigenvalue weighted by Crippen LogP contribution is -2.19. The first kappa shape index (κ1) is 13.6. The highest BCUT2D eigenvalue weighted by atomic mass is 15.1. The quantitative estimate of drug-likeness (QED) is 0.861. The highest BCUT2D eigenvalue weighted by molar-refractivity contribution is 5.92. The maximum Gasteiger partial charge on any atom is 0.222 e. The van der Waals surface area contributed by atoms with Gasteiger partial charge in [-0.15, -0.1) is 0 Å². The van der Waals surface area contributed by atoms with Crippen LogP contribution in [-0.4, -0.2) is 16.0 Å². The van der Waals surface area contributed by atoms with E-state index in [0.29, 0.717) is 12.0 Å². The summed E-state index contributed by atoms with van der Waals surface area (Å²) in [6.07, 6.45) is 3.36. The summed E-state index contributed by atoms with van der Waals surface area (Å²) >= 11 is 0. The van der Waals surface area contributed by atoms with Crippen LogP contribution in [0.2, 0.25) is 0 Å². The third kappa shape index (κ3) is 2.95. The van der Waals surface area contributed by atoms with Gasteiger partial charge in [0.05, 0.1) is 5.52 Å². The lowest BCUT2D eigenvalue weighted by Gasteiger charge is -2.18. The van der Waals surface area contributed by atoms with Gasteiger partial charge in [0, 0.05) is 11.4 Å². The van der Waals surface area contributed by atoms with Crippen molar-refractivity contribution in [1.82, 2.24) is 9.97 Å². The van der Waals surface area contributed by atoms with Crippen LogP contribution in [0, 0.1) is 6.92 Å². The van der Waals surface area contributed by atoms with Crippen molar-refractivity contribution in [2.24, 2.45) is 0 Å². The molecule has 1 aromatic carbocycles. The van der Waals surface area contributed by atoms with Gasteiger partial charge in [-0.1, -0.05) is 32.4 Å². The summed E-state index contributed by atoms with van der Waals surface area (Å²) in [4.78, 5) is 8.69. The van der Waals surface area contributed by atoms with Crippen molar-refractivity contribution < 1.29 is 0 Å². The summed E-state index contributed by atoms with van der Waals surface area (Å²) < 4.78 is 0. The van der Waals surface area contributed by atoms with Gasteiger partial charge in [0.15, 0.2) is 0 Å². The van der Waals surface area contributed by atoms with Crippen molar-refractivity contribution in [2.75, 3.05) is 11.1 Å². The van der Waals surface area contributed by atoms with E-state index >= 15 is 0 Å². The van der Waals surface area contributed by atoms with Crippen molar-refractivity contribution in [3.8, 4) is 0 Å². The number of aryl methyl sites for hydroxylation is 1. The van der Waals surface area contributed by atoms with Gasteiger partial charge in [0.25, 0.3) is 0 Å². The molecule has 0 amide bonds. The van der Waals surface area contributed by atoms with Crippen LogP contribution in [0.25, 0.3) is 10.9 Å². The molecule has 102 valence electrons. The van der Waals surface area contributed by atoms with Crippen LogP contribution in [0.15, 0.2) is 18.2 Å². The maximum atomic E-state index is 5.80. The fourth-order valence-corrected chi connectivity index (χ4v) is 2.40. The summed E-state index contributed by atoms with van der Waals surface area (Å²) in [6.45, 7) is 6.46. The van der Waals surface area contributed by atoms with Gasteiger partial charge in [0.2, 0.25) is 5.95 Å². The molecule has 0 saturated carbocycles. The van der Waals surface area contributed by atoms with Crippen molar-refractivity contribution >= 4 is 22.7 Å². The second-order valence-electron chi connectivity index (χ2n) is 4.94. The Bertz CT molecular complexity index is 565. The number of hydrogen-bond donors (Lipinski definition) is 2. The second kappa shape index (κ2) is 5.87. The van der Waals surface area contributed by atoms with Gasteiger partial charge >= 0.3 is 0 Å². The third-order valence-corrected chi connectivity index (χ3v) is 3.42. The second-order valence-corrected chi connectivity index (χ2v) is 4.94. The largest absolute Gasteiger partial charge is 0.368 e. The van der Waals surface area contributed by atoms with Gasteiger partial charge in [-0.25, -0.2) is 4.98 Å². The summed E-state index contributed by atoms with van der Waals surface area (Å²) in [6, 6.07) is 6.49. The monoisotopic (exact) mass is 258 g/mol. The zero-order valence-electron chi connectivity index (χ0n) is 11.9. The van der Waals surface area contributed by atoms with Crippen LogP contribution in [0.1, 0.15) is 38.7 Å². The number of benzene rings is 1. The first-order valence-corrected chi connectivity index (χ1v) is 6.95. The minimum Gasteiger partial charge on any atom is -0.368 e. The number of anilines is 2. The highest BCUT2D eigenvalue weighted by Crippen LogP contribution is 2.26. The average Bonchev–Trinajstić information content (AvgIpc) is 2.37. The van der Waals surface area contributed by atoms with E-state index in [2.05, 4.69) is 42.1 Å². The Balaban J connectivity index is 2.46. The number of rotatable bonds is 5. The SMILES string of the molecule is CCC[C@@H](CC)Nc1nc(N)nc2cccc(C)c12. The summed E-state index contributed by atoms with van der Waals surface area (Å²) in [5.74, 6) is 1.19. The van der Waals surface area contributed by atoms with E-state index in [0.717, 1.165) is 36.0 Å². The fraction of sp³-hybridized carbons (Fsp3) is 0.467. The van der Waals surface area contributed by atoms with Gasteiger partial charge < -0.3 is 11.1 Å².